The van der Waals surface area contributed by atoms with Gasteiger partial charge in [-0.2, -0.15) is 13.2 Å². The molecule has 3 nitrogen and oxygen atoms in total. The monoisotopic (exact) mass is 446 g/mol. The summed E-state index contributed by atoms with van der Waals surface area (Å²) in [6, 6.07) is 13.1. The van der Waals surface area contributed by atoms with E-state index in [4.69, 9.17) is 0 Å². The number of nitrogens with one attached hydrogen (secondary N) is 1. The molecule has 2 atom stereocenters. The molecule has 0 spiro atoms. The second-order valence-corrected chi connectivity index (χ2v) is 7.74. The largest absolute Gasteiger partial charge is 0.416 e. The number of hydrogen-bond acceptors (Lipinski definition) is 2. The summed E-state index contributed by atoms with van der Waals surface area (Å²) in [4.78, 5) is 14.7. The van der Waals surface area contributed by atoms with Gasteiger partial charge in [0.2, 0.25) is 0 Å². The van der Waals surface area contributed by atoms with Gasteiger partial charge in [-0.05, 0) is 80.1 Å². The normalized spacial score (nSPS) is 18.2. The van der Waals surface area contributed by atoms with E-state index >= 15 is 0 Å². The van der Waals surface area contributed by atoms with Crippen molar-refractivity contribution in [3.63, 3.8) is 0 Å². The van der Waals surface area contributed by atoms with Crippen LogP contribution in [0.25, 0.3) is 0 Å². The quantitative estimate of drug-likeness (QED) is 0.461. The van der Waals surface area contributed by atoms with E-state index in [1.165, 1.54) is 35.2 Å². The molecule has 0 aliphatic carbocycles. The van der Waals surface area contributed by atoms with E-state index in [9.17, 15) is 26.7 Å². The molecule has 166 valence electrons. The van der Waals surface area contributed by atoms with Crippen LogP contribution in [0.1, 0.15) is 40.9 Å². The summed E-state index contributed by atoms with van der Waals surface area (Å²) in [7, 11) is 0. The number of benzene rings is 3. The predicted molar refractivity (Wildman–Crippen MR) is 111 cm³/mol. The number of halogens is 5. The minimum absolute atomic E-state index is 0.102. The lowest BCUT2D eigenvalue weighted by atomic mass is 9.90. The highest BCUT2D eigenvalue weighted by Crippen LogP contribution is 2.40. The Morgan fingerprint density at radius 3 is 2.19 bits per heavy atom. The molecule has 0 fully saturated rings. The van der Waals surface area contributed by atoms with Crippen molar-refractivity contribution in [3.8, 4) is 0 Å². The van der Waals surface area contributed by atoms with Crippen LogP contribution in [0.5, 0.6) is 0 Å². The molecular formula is C24H19F5N2O. The van der Waals surface area contributed by atoms with Crippen LogP contribution in [0.4, 0.5) is 33.3 Å². The van der Waals surface area contributed by atoms with Crippen molar-refractivity contribution < 1.29 is 26.7 Å². The maximum Gasteiger partial charge on any atom is 0.416 e. The molecule has 0 radical (unpaired) electrons. The fraction of sp³-hybridized carbons (Fsp3) is 0.208. The van der Waals surface area contributed by atoms with E-state index in [0.29, 0.717) is 23.4 Å². The number of carbonyl (C=O) groups excluding carboxylic acids is 1. The first-order valence-corrected chi connectivity index (χ1v) is 9.96. The molecule has 1 aliphatic heterocycles. The van der Waals surface area contributed by atoms with Crippen LogP contribution in [0.15, 0.2) is 66.7 Å². The topological polar surface area (TPSA) is 32.3 Å². The third kappa shape index (κ3) is 4.30. The molecule has 0 aromatic heterocycles. The molecule has 1 aliphatic rings. The van der Waals surface area contributed by atoms with Gasteiger partial charge in [-0.15, -0.1) is 0 Å². The molecule has 0 unspecified atom stereocenters. The van der Waals surface area contributed by atoms with Gasteiger partial charge in [0.15, 0.2) is 0 Å². The van der Waals surface area contributed by atoms with E-state index in [1.807, 2.05) is 6.92 Å². The summed E-state index contributed by atoms with van der Waals surface area (Å²) in [5.41, 5.74) is 0.903. The number of carbonyl (C=O) groups is 1. The third-order valence-corrected chi connectivity index (χ3v) is 5.51. The van der Waals surface area contributed by atoms with Crippen LogP contribution in [0.3, 0.4) is 0 Å². The highest BCUT2D eigenvalue weighted by atomic mass is 19.4. The van der Waals surface area contributed by atoms with Gasteiger partial charge in [-0.3, -0.25) is 4.79 Å². The lowest BCUT2D eigenvalue weighted by Crippen LogP contribution is -2.44. The Balaban J connectivity index is 1.67. The number of hydrogen-bond donors (Lipinski definition) is 1. The highest BCUT2D eigenvalue weighted by molar-refractivity contribution is 6.07. The van der Waals surface area contributed by atoms with Gasteiger partial charge in [-0.1, -0.05) is 0 Å². The Hall–Kier alpha value is -3.42. The van der Waals surface area contributed by atoms with Gasteiger partial charge in [0.25, 0.3) is 5.91 Å². The molecule has 1 amide bonds. The summed E-state index contributed by atoms with van der Waals surface area (Å²) >= 11 is 0. The average molecular weight is 446 g/mol. The molecule has 1 N–H and O–H groups in total. The number of rotatable bonds is 3. The number of fused-ring (bicyclic) bond motifs is 1. The zero-order valence-electron chi connectivity index (χ0n) is 17.0. The van der Waals surface area contributed by atoms with Crippen LogP contribution < -0.4 is 10.2 Å². The van der Waals surface area contributed by atoms with E-state index in [1.54, 1.807) is 12.1 Å². The van der Waals surface area contributed by atoms with Crippen LogP contribution in [0.2, 0.25) is 0 Å². The first kappa shape index (κ1) is 21.8. The number of alkyl halides is 3. The molecule has 3 aromatic rings. The van der Waals surface area contributed by atoms with Gasteiger partial charge in [0.05, 0.1) is 11.6 Å². The van der Waals surface area contributed by atoms with Crippen molar-refractivity contribution in [2.75, 3.05) is 10.2 Å². The fourth-order valence-corrected chi connectivity index (χ4v) is 3.97. The van der Waals surface area contributed by atoms with E-state index < -0.39 is 23.5 Å². The molecule has 0 saturated heterocycles. The SMILES string of the molecule is C[C@@H]1C[C@H](Nc2ccc(F)cc2)c2cc(F)ccc2N1C(=O)c1ccc(C(F)(F)F)cc1. The Labute approximate surface area is 181 Å². The van der Waals surface area contributed by atoms with Crippen LogP contribution in [0, 0.1) is 11.6 Å². The minimum Gasteiger partial charge on any atom is -0.378 e. The molecule has 0 saturated carbocycles. The first-order chi connectivity index (χ1) is 15.1. The molecule has 3 aromatic carbocycles. The molecule has 8 heteroatoms. The van der Waals surface area contributed by atoms with Crippen molar-refractivity contribution in [3.05, 3.63) is 95.1 Å². The lowest BCUT2D eigenvalue weighted by Gasteiger charge is -2.40. The zero-order chi connectivity index (χ0) is 23.0. The van der Waals surface area contributed by atoms with Crippen molar-refractivity contribution >= 4 is 17.3 Å². The van der Waals surface area contributed by atoms with Gasteiger partial charge in [0, 0.05) is 28.5 Å². The maximum absolute atomic E-state index is 14.1. The Morgan fingerprint density at radius 2 is 1.56 bits per heavy atom. The summed E-state index contributed by atoms with van der Waals surface area (Å²) < 4.78 is 65.9. The lowest BCUT2D eigenvalue weighted by molar-refractivity contribution is -0.137. The van der Waals surface area contributed by atoms with Crippen molar-refractivity contribution in [1.29, 1.82) is 0 Å². The van der Waals surface area contributed by atoms with Gasteiger partial charge in [0.1, 0.15) is 11.6 Å². The molecular weight excluding hydrogens is 427 g/mol. The van der Waals surface area contributed by atoms with Gasteiger partial charge < -0.3 is 10.2 Å². The van der Waals surface area contributed by atoms with Gasteiger partial charge in [-0.25, -0.2) is 8.78 Å². The standard InChI is InChI=1S/C24H19F5N2O/c1-14-12-21(30-19-9-6-17(25)7-10-19)20-13-18(26)8-11-22(20)31(14)23(32)15-2-4-16(5-3-15)24(27,28)29/h2-11,13-14,21,30H,12H2,1H3/t14-,21+/m1/s1. The summed E-state index contributed by atoms with van der Waals surface area (Å²) in [6.45, 7) is 1.81. The number of amides is 1. The summed E-state index contributed by atoms with van der Waals surface area (Å²) in [5.74, 6) is -1.34. The van der Waals surface area contributed by atoms with Crippen molar-refractivity contribution in [2.45, 2.75) is 31.6 Å². The second kappa shape index (κ2) is 8.26. The fourth-order valence-electron chi connectivity index (χ4n) is 3.97. The van der Waals surface area contributed by atoms with E-state index in [-0.39, 0.29) is 23.5 Å². The molecule has 0 bridgehead atoms. The minimum atomic E-state index is -4.50. The molecule has 4 rings (SSSR count). The summed E-state index contributed by atoms with van der Waals surface area (Å²) in [6.07, 6.45) is -4.08. The van der Waals surface area contributed by atoms with Crippen molar-refractivity contribution in [2.24, 2.45) is 0 Å². The smallest absolute Gasteiger partial charge is 0.378 e. The van der Waals surface area contributed by atoms with E-state index in [2.05, 4.69) is 5.32 Å². The van der Waals surface area contributed by atoms with Crippen molar-refractivity contribution in [1.82, 2.24) is 0 Å². The van der Waals surface area contributed by atoms with E-state index in [0.717, 1.165) is 24.3 Å². The Kier molecular flexibility index (Phi) is 5.62. The Morgan fingerprint density at radius 1 is 0.938 bits per heavy atom. The van der Waals surface area contributed by atoms with Crippen LogP contribution in [-0.2, 0) is 6.18 Å². The zero-order valence-corrected chi connectivity index (χ0v) is 17.0. The molecule has 32 heavy (non-hydrogen) atoms. The molecule has 1 heterocycles. The predicted octanol–water partition coefficient (Wildman–Crippen LogP) is 6.58. The number of nitrogens with zero attached hydrogens (tertiary/aromatic N) is 1. The summed E-state index contributed by atoms with van der Waals surface area (Å²) in [5, 5.41) is 3.25. The first-order valence-electron chi connectivity index (χ1n) is 9.96. The van der Waals surface area contributed by atoms with Gasteiger partial charge >= 0.3 is 6.18 Å². The average Bonchev–Trinajstić information content (AvgIpc) is 2.75. The van der Waals surface area contributed by atoms with Crippen LogP contribution >= 0.6 is 0 Å². The second-order valence-electron chi connectivity index (χ2n) is 7.74. The third-order valence-electron chi connectivity index (χ3n) is 5.51. The maximum atomic E-state index is 14.1. The Bertz CT molecular complexity index is 1130. The number of anilines is 2. The van der Waals surface area contributed by atoms with Crippen LogP contribution in [-0.4, -0.2) is 11.9 Å². The highest BCUT2D eigenvalue weighted by Gasteiger charge is 2.35.